The van der Waals surface area contributed by atoms with Gasteiger partial charge in [-0.15, -0.1) is 0 Å². The van der Waals surface area contributed by atoms with Crippen molar-refractivity contribution in [2.24, 2.45) is 0 Å². The molecule has 90 valence electrons. The van der Waals surface area contributed by atoms with E-state index in [9.17, 15) is 0 Å². The van der Waals surface area contributed by atoms with Crippen LogP contribution in [0.4, 0.5) is 0 Å². The summed E-state index contributed by atoms with van der Waals surface area (Å²) >= 11 is 0. The molecule has 0 saturated heterocycles. The Morgan fingerprint density at radius 1 is 0.500 bits per heavy atom. The van der Waals surface area contributed by atoms with E-state index < -0.39 is 0 Å². The van der Waals surface area contributed by atoms with Crippen molar-refractivity contribution in [1.29, 1.82) is 0 Å². The molecule has 2 aromatic rings. The second-order valence-corrected chi connectivity index (χ2v) is 5.00. The maximum Gasteiger partial charge on any atom is 0.0254 e. The highest BCUT2D eigenvalue weighted by Crippen LogP contribution is 2.10. The molecule has 0 atom stereocenters. The van der Waals surface area contributed by atoms with E-state index in [1.807, 2.05) is 0 Å². The third-order valence-electron chi connectivity index (χ3n) is 2.79. The molecule has 0 amide bonds. The first-order valence-electron chi connectivity index (χ1n) is 6.21. The Bertz CT molecular complexity index is 541. The molecule has 0 aliphatic rings. The van der Waals surface area contributed by atoms with Crippen molar-refractivity contribution < 1.29 is 0 Å². The molecular weight excluding hydrogens is 216 g/mol. The summed E-state index contributed by atoms with van der Waals surface area (Å²) in [6, 6.07) is 12.8. The highest BCUT2D eigenvalue weighted by molar-refractivity contribution is 5.47. The van der Waals surface area contributed by atoms with Gasteiger partial charge in [0.15, 0.2) is 0 Å². The predicted molar refractivity (Wildman–Crippen MR) is 77.8 cm³/mol. The Balaban J connectivity index is 2.36. The maximum atomic E-state index is 3.25. The molecular formula is C18H18. The Morgan fingerprint density at radius 2 is 0.778 bits per heavy atom. The van der Waals surface area contributed by atoms with Gasteiger partial charge in [0.2, 0.25) is 0 Å². The van der Waals surface area contributed by atoms with E-state index in [4.69, 9.17) is 0 Å². The fourth-order valence-electron chi connectivity index (χ4n) is 2.24. The second-order valence-electron chi connectivity index (χ2n) is 5.00. The fourth-order valence-corrected chi connectivity index (χ4v) is 2.24. The SMILES string of the molecule is Cc1cc(C)cc(C#Cc2cc(C)cc(C)c2)c1. The van der Waals surface area contributed by atoms with Gasteiger partial charge in [-0.1, -0.05) is 24.0 Å². The molecule has 0 spiro atoms. The van der Waals surface area contributed by atoms with E-state index in [2.05, 4.69) is 75.9 Å². The molecule has 2 rings (SSSR count). The molecule has 0 N–H and O–H groups in total. The lowest BCUT2D eigenvalue weighted by Gasteiger charge is -1.99. The predicted octanol–water partition coefficient (Wildman–Crippen LogP) is 4.32. The van der Waals surface area contributed by atoms with Crippen molar-refractivity contribution in [2.45, 2.75) is 27.7 Å². The lowest BCUT2D eigenvalue weighted by molar-refractivity contribution is 1.36. The van der Waals surface area contributed by atoms with Gasteiger partial charge in [0.25, 0.3) is 0 Å². The van der Waals surface area contributed by atoms with Gasteiger partial charge in [0.05, 0.1) is 0 Å². The van der Waals surface area contributed by atoms with Crippen LogP contribution in [0.3, 0.4) is 0 Å². The molecule has 0 radical (unpaired) electrons. The van der Waals surface area contributed by atoms with Crippen LogP contribution in [0.2, 0.25) is 0 Å². The first-order valence-corrected chi connectivity index (χ1v) is 6.21. The Kier molecular flexibility index (Phi) is 3.53. The van der Waals surface area contributed by atoms with Crippen LogP contribution >= 0.6 is 0 Å². The molecule has 0 unspecified atom stereocenters. The summed E-state index contributed by atoms with van der Waals surface area (Å²) in [6.07, 6.45) is 0. The largest absolute Gasteiger partial charge is 0.0616 e. The van der Waals surface area contributed by atoms with E-state index >= 15 is 0 Å². The summed E-state index contributed by atoms with van der Waals surface area (Å²) in [5.41, 5.74) is 7.23. The zero-order valence-electron chi connectivity index (χ0n) is 11.5. The van der Waals surface area contributed by atoms with Gasteiger partial charge in [-0.3, -0.25) is 0 Å². The molecule has 0 nitrogen and oxygen atoms in total. The summed E-state index contributed by atoms with van der Waals surface area (Å²) in [6.45, 7) is 8.42. The summed E-state index contributed by atoms with van der Waals surface area (Å²) in [5, 5.41) is 0. The molecule has 0 aliphatic carbocycles. The summed E-state index contributed by atoms with van der Waals surface area (Å²) < 4.78 is 0. The number of hydrogen-bond donors (Lipinski definition) is 0. The first-order chi connectivity index (χ1) is 8.52. The topological polar surface area (TPSA) is 0 Å². The maximum absolute atomic E-state index is 3.25. The van der Waals surface area contributed by atoms with Crippen LogP contribution in [0.25, 0.3) is 0 Å². The Hall–Kier alpha value is -2.00. The average Bonchev–Trinajstić information content (AvgIpc) is 2.23. The zero-order chi connectivity index (χ0) is 13.1. The average molecular weight is 234 g/mol. The van der Waals surface area contributed by atoms with E-state index in [1.54, 1.807) is 0 Å². The molecule has 0 heteroatoms. The number of rotatable bonds is 0. The lowest BCUT2D eigenvalue weighted by atomic mass is 10.1. The monoisotopic (exact) mass is 234 g/mol. The highest BCUT2D eigenvalue weighted by atomic mass is 14.0. The summed E-state index contributed by atoms with van der Waals surface area (Å²) in [7, 11) is 0. The van der Waals surface area contributed by atoms with E-state index in [1.165, 1.54) is 22.3 Å². The van der Waals surface area contributed by atoms with Gasteiger partial charge < -0.3 is 0 Å². The van der Waals surface area contributed by atoms with Crippen LogP contribution in [0, 0.1) is 39.5 Å². The van der Waals surface area contributed by atoms with Crippen LogP contribution in [-0.2, 0) is 0 Å². The minimum absolute atomic E-state index is 1.09. The van der Waals surface area contributed by atoms with Crippen LogP contribution in [0.5, 0.6) is 0 Å². The molecule has 0 bridgehead atoms. The van der Waals surface area contributed by atoms with Crippen LogP contribution < -0.4 is 0 Å². The minimum atomic E-state index is 1.09. The highest BCUT2D eigenvalue weighted by Gasteiger charge is 1.94. The molecule has 0 aliphatic heterocycles. The zero-order valence-corrected chi connectivity index (χ0v) is 11.5. The first kappa shape index (κ1) is 12.5. The normalized spacial score (nSPS) is 9.78. The molecule has 0 saturated carbocycles. The molecule has 2 aromatic carbocycles. The van der Waals surface area contributed by atoms with Crippen molar-refractivity contribution in [3.8, 4) is 11.8 Å². The van der Waals surface area contributed by atoms with Crippen molar-refractivity contribution in [2.75, 3.05) is 0 Å². The number of aryl methyl sites for hydroxylation is 4. The van der Waals surface area contributed by atoms with E-state index in [-0.39, 0.29) is 0 Å². The second kappa shape index (κ2) is 5.10. The van der Waals surface area contributed by atoms with E-state index in [0.717, 1.165) is 11.1 Å². The fraction of sp³-hybridized carbons (Fsp3) is 0.222. The molecule has 0 heterocycles. The molecule has 0 fully saturated rings. The van der Waals surface area contributed by atoms with Gasteiger partial charge in [-0.25, -0.2) is 0 Å². The van der Waals surface area contributed by atoms with Crippen LogP contribution in [-0.4, -0.2) is 0 Å². The van der Waals surface area contributed by atoms with Gasteiger partial charge >= 0.3 is 0 Å². The van der Waals surface area contributed by atoms with Gasteiger partial charge in [0, 0.05) is 11.1 Å². The smallest absolute Gasteiger partial charge is 0.0254 e. The quantitative estimate of drug-likeness (QED) is 0.595. The number of benzene rings is 2. The summed E-state index contributed by atoms with van der Waals surface area (Å²) in [5.74, 6) is 6.49. The van der Waals surface area contributed by atoms with Crippen LogP contribution in [0.15, 0.2) is 36.4 Å². The van der Waals surface area contributed by atoms with Crippen molar-refractivity contribution in [3.63, 3.8) is 0 Å². The molecule has 0 aromatic heterocycles. The van der Waals surface area contributed by atoms with Gasteiger partial charge in [-0.05, 0) is 74.2 Å². The summed E-state index contributed by atoms with van der Waals surface area (Å²) in [4.78, 5) is 0. The number of hydrogen-bond acceptors (Lipinski definition) is 0. The third-order valence-corrected chi connectivity index (χ3v) is 2.79. The van der Waals surface area contributed by atoms with E-state index in [0.29, 0.717) is 0 Å². The lowest BCUT2D eigenvalue weighted by Crippen LogP contribution is -1.83. The van der Waals surface area contributed by atoms with Crippen LogP contribution in [0.1, 0.15) is 33.4 Å². The minimum Gasteiger partial charge on any atom is -0.0616 e. The van der Waals surface area contributed by atoms with Crippen molar-refractivity contribution in [3.05, 3.63) is 69.8 Å². The van der Waals surface area contributed by atoms with Gasteiger partial charge in [-0.2, -0.15) is 0 Å². The Morgan fingerprint density at radius 3 is 1.06 bits per heavy atom. The van der Waals surface area contributed by atoms with Gasteiger partial charge in [0.1, 0.15) is 0 Å². The van der Waals surface area contributed by atoms with Crippen molar-refractivity contribution in [1.82, 2.24) is 0 Å². The van der Waals surface area contributed by atoms with Crippen molar-refractivity contribution >= 4 is 0 Å². The standard InChI is InChI=1S/C18H18/c1-13-7-14(2)10-17(9-13)5-6-18-11-15(3)8-16(4)12-18/h7-12H,1-4H3. The molecule has 18 heavy (non-hydrogen) atoms. The Labute approximate surface area is 110 Å². The third kappa shape index (κ3) is 3.25.